The number of benzene rings is 1. The zero-order valence-electron chi connectivity index (χ0n) is 10.9. The molecule has 1 aromatic carbocycles. The summed E-state index contributed by atoms with van der Waals surface area (Å²) in [7, 11) is 0. The second kappa shape index (κ2) is 6.52. The first-order valence-corrected chi connectivity index (χ1v) is 8.03. The van der Waals surface area contributed by atoms with Crippen LogP contribution in [0.15, 0.2) is 40.1 Å². The topological polar surface area (TPSA) is 59.1 Å². The molecule has 0 radical (unpaired) electrons. The predicted molar refractivity (Wildman–Crippen MR) is 81.6 cm³/mol. The van der Waals surface area contributed by atoms with Crippen LogP contribution in [0, 0.1) is 6.92 Å². The van der Waals surface area contributed by atoms with Crippen LogP contribution in [0.5, 0.6) is 0 Å². The summed E-state index contributed by atoms with van der Waals surface area (Å²) < 4.78 is 1.05. The Balaban J connectivity index is 1.96. The van der Waals surface area contributed by atoms with Crippen molar-refractivity contribution in [3.63, 3.8) is 0 Å². The largest absolute Gasteiger partial charge is 0.384 e. The number of hydrogen-bond acceptors (Lipinski definition) is 5. The first-order chi connectivity index (χ1) is 9.14. The maximum atomic E-state index is 10.6. The van der Waals surface area contributed by atoms with Crippen molar-refractivity contribution in [1.82, 2.24) is 4.98 Å². The van der Waals surface area contributed by atoms with Crippen molar-refractivity contribution in [3.05, 3.63) is 47.0 Å². The fourth-order valence-corrected chi connectivity index (χ4v) is 3.83. The van der Waals surface area contributed by atoms with Gasteiger partial charge in [-0.1, -0.05) is 42.1 Å². The molecule has 0 saturated heterocycles. The van der Waals surface area contributed by atoms with Crippen molar-refractivity contribution >= 4 is 23.1 Å². The lowest BCUT2D eigenvalue weighted by Gasteiger charge is -2.26. The number of thioether (sulfide) groups is 1. The van der Waals surface area contributed by atoms with Crippen LogP contribution in [-0.4, -0.2) is 22.4 Å². The molecule has 102 valence electrons. The molecule has 19 heavy (non-hydrogen) atoms. The predicted octanol–water partition coefficient (Wildman–Crippen LogP) is 2.78. The van der Waals surface area contributed by atoms with Crippen molar-refractivity contribution in [2.45, 2.75) is 23.3 Å². The van der Waals surface area contributed by atoms with E-state index >= 15 is 0 Å². The molecule has 0 saturated carbocycles. The third-order valence-corrected chi connectivity index (χ3v) is 5.13. The summed E-state index contributed by atoms with van der Waals surface area (Å²) in [4.78, 5) is 4.40. The van der Waals surface area contributed by atoms with Crippen LogP contribution in [0.3, 0.4) is 0 Å². The van der Waals surface area contributed by atoms with Gasteiger partial charge < -0.3 is 10.8 Å². The highest BCUT2D eigenvalue weighted by Crippen LogP contribution is 2.29. The number of rotatable bonds is 6. The molecule has 2 rings (SSSR count). The molecular formula is C14H18N2OS2. The molecule has 0 amide bonds. The number of aliphatic hydroxyl groups is 1. The Labute approximate surface area is 121 Å². The van der Waals surface area contributed by atoms with E-state index in [1.54, 1.807) is 23.1 Å². The number of nitrogens with two attached hydrogens (primary N) is 1. The van der Waals surface area contributed by atoms with E-state index in [1.165, 1.54) is 0 Å². The Bertz CT molecular complexity index is 515. The summed E-state index contributed by atoms with van der Waals surface area (Å²) in [5.41, 5.74) is 6.74. The average molecular weight is 294 g/mol. The molecule has 0 bridgehead atoms. The lowest BCUT2D eigenvalue weighted by molar-refractivity contribution is 0.0431. The van der Waals surface area contributed by atoms with Crippen molar-refractivity contribution < 1.29 is 5.11 Å². The molecule has 5 heteroatoms. The summed E-state index contributed by atoms with van der Waals surface area (Å²) in [5, 5.41) is 12.7. The fourth-order valence-electron chi connectivity index (χ4n) is 1.82. The van der Waals surface area contributed by atoms with Crippen LogP contribution < -0.4 is 5.73 Å². The van der Waals surface area contributed by atoms with Gasteiger partial charge in [0.15, 0.2) is 0 Å². The van der Waals surface area contributed by atoms with Gasteiger partial charge in [-0.15, -0.1) is 11.3 Å². The van der Waals surface area contributed by atoms with E-state index in [1.807, 2.05) is 42.6 Å². The van der Waals surface area contributed by atoms with Gasteiger partial charge in [-0.25, -0.2) is 4.98 Å². The Morgan fingerprint density at radius 1 is 1.37 bits per heavy atom. The Hall–Kier alpha value is -0.880. The fraction of sp³-hybridized carbons (Fsp3) is 0.357. The smallest absolute Gasteiger partial charge is 0.150 e. The van der Waals surface area contributed by atoms with Crippen LogP contribution in [0.2, 0.25) is 0 Å². The van der Waals surface area contributed by atoms with Gasteiger partial charge in [-0.05, 0) is 18.9 Å². The molecule has 0 aliphatic heterocycles. The van der Waals surface area contributed by atoms with Gasteiger partial charge in [0.2, 0.25) is 0 Å². The van der Waals surface area contributed by atoms with E-state index in [2.05, 4.69) is 4.98 Å². The van der Waals surface area contributed by atoms with Crippen LogP contribution in [0.4, 0.5) is 0 Å². The monoisotopic (exact) mass is 294 g/mol. The normalized spacial score (nSPS) is 14.3. The molecule has 1 heterocycles. The minimum Gasteiger partial charge on any atom is -0.384 e. The summed E-state index contributed by atoms with van der Waals surface area (Å²) in [6.07, 6.45) is 0.622. The number of thiazole rings is 1. The first kappa shape index (κ1) is 14.5. The quantitative estimate of drug-likeness (QED) is 0.804. The lowest BCUT2D eigenvalue weighted by atomic mass is 9.91. The van der Waals surface area contributed by atoms with E-state index in [0.29, 0.717) is 6.42 Å². The van der Waals surface area contributed by atoms with E-state index in [4.69, 9.17) is 5.73 Å². The second-order valence-corrected chi connectivity index (χ2v) is 6.66. The maximum absolute atomic E-state index is 10.6. The van der Waals surface area contributed by atoms with Crippen molar-refractivity contribution in [1.29, 1.82) is 0 Å². The third kappa shape index (κ3) is 3.79. The Morgan fingerprint density at radius 2 is 2.11 bits per heavy atom. The first-order valence-electron chi connectivity index (χ1n) is 6.17. The van der Waals surface area contributed by atoms with Gasteiger partial charge in [0.1, 0.15) is 9.94 Å². The standard InChI is InChI=1S/C14H18N2OS2/c1-11-9-19-13(16-11)18-8-7-14(17,10-15)12-5-3-2-4-6-12/h2-6,9,17H,7-8,10,15H2,1H3. The summed E-state index contributed by atoms with van der Waals surface area (Å²) in [6, 6.07) is 9.63. The van der Waals surface area contributed by atoms with Crippen LogP contribution >= 0.6 is 23.1 Å². The number of aryl methyl sites for hydroxylation is 1. The van der Waals surface area contributed by atoms with Gasteiger partial charge in [0.25, 0.3) is 0 Å². The Morgan fingerprint density at radius 3 is 2.68 bits per heavy atom. The molecular weight excluding hydrogens is 276 g/mol. The molecule has 1 unspecified atom stereocenters. The number of aromatic nitrogens is 1. The number of hydrogen-bond donors (Lipinski definition) is 2. The molecule has 0 aliphatic carbocycles. The van der Waals surface area contributed by atoms with Crippen molar-refractivity contribution in [2.75, 3.05) is 12.3 Å². The van der Waals surface area contributed by atoms with Gasteiger partial charge in [-0.3, -0.25) is 0 Å². The minimum absolute atomic E-state index is 0.231. The lowest BCUT2D eigenvalue weighted by Crippen LogP contribution is -2.35. The molecule has 0 spiro atoms. The third-order valence-electron chi connectivity index (χ3n) is 2.99. The van der Waals surface area contributed by atoms with Gasteiger partial charge in [0, 0.05) is 23.4 Å². The van der Waals surface area contributed by atoms with E-state index in [0.717, 1.165) is 21.3 Å². The summed E-state index contributed by atoms with van der Waals surface area (Å²) in [5.74, 6) is 0.801. The van der Waals surface area contributed by atoms with Crippen molar-refractivity contribution in [2.24, 2.45) is 5.73 Å². The van der Waals surface area contributed by atoms with Crippen LogP contribution in [0.25, 0.3) is 0 Å². The Kier molecular flexibility index (Phi) is 4.99. The zero-order valence-corrected chi connectivity index (χ0v) is 12.5. The second-order valence-electron chi connectivity index (χ2n) is 4.45. The molecule has 0 fully saturated rings. The average Bonchev–Trinajstić information content (AvgIpc) is 2.85. The highest BCUT2D eigenvalue weighted by atomic mass is 32.2. The summed E-state index contributed by atoms with van der Waals surface area (Å²) >= 11 is 3.31. The van der Waals surface area contributed by atoms with E-state index in [9.17, 15) is 5.11 Å². The van der Waals surface area contributed by atoms with Crippen molar-refractivity contribution in [3.8, 4) is 0 Å². The van der Waals surface area contributed by atoms with Gasteiger partial charge >= 0.3 is 0 Å². The summed E-state index contributed by atoms with van der Waals surface area (Å²) in [6.45, 7) is 2.22. The highest BCUT2D eigenvalue weighted by molar-refractivity contribution is 8.01. The van der Waals surface area contributed by atoms with Crippen LogP contribution in [-0.2, 0) is 5.60 Å². The van der Waals surface area contributed by atoms with E-state index < -0.39 is 5.60 Å². The maximum Gasteiger partial charge on any atom is 0.150 e. The molecule has 1 atom stereocenters. The number of nitrogens with zero attached hydrogens (tertiary/aromatic N) is 1. The minimum atomic E-state index is -0.944. The van der Waals surface area contributed by atoms with Gasteiger partial charge in [0.05, 0.1) is 0 Å². The molecule has 0 aliphatic rings. The molecule has 2 aromatic rings. The highest BCUT2D eigenvalue weighted by Gasteiger charge is 2.27. The molecule has 3 N–H and O–H groups in total. The zero-order chi connectivity index (χ0) is 13.7. The SMILES string of the molecule is Cc1csc(SCCC(O)(CN)c2ccccc2)n1. The molecule has 3 nitrogen and oxygen atoms in total. The van der Waals surface area contributed by atoms with Crippen LogP contribution in [0.1, 0.15) is 17.7 Å². The van der Waals surface area contributed by atoms with E-state index in [-0.39, 0.29) is 6.54 Å². The van der Waals surface area contributed by atoms with Gasteiger partial charge in [-0.2, -0.15) is 0 Å². The molecule has 1 aromatic heterocycles.